The van der Waals surface area contributed by atoms with E-state index in [1.807, 2.05) is 0 Å². The molecule has 0 unspecified atom stereocenters. The van der Waals surface area contributed by atoms with Crippen LogP contribution >= 0.6 is 0 Å². The topological polar surface area (TPSA) is 143 Å². The van der Waals surface area contributed by atoms with Crippen LogP contribution in [0.3, 0.4) is 0 Å². The summed E-state index contributed by atoms with van der Waals surface area (Å²) in [7, 11) is 0. The number of carboxylic acid groups (broad SMARTS) is 2. The highest BCUT2D eigenvalue weighted by Gasteiger charge is 1.90. The van der Waals surface area contributed by atoms with E-state index < -0.39 is 11.9 Å². The summed E-state index contributed by atoms with van der Waals surface area (Å²) in [6.45, 7) is 10.0. The second-order valence-corrected chi connectivity index (χ2v) is 3.45. The normalized spacial score (nSPS) is 8.57. The molecule has 0 aromatic carbocycles. The van der Waals surface area contributed by atoms with Crippen LogP contribution in [0.25, 0.3) is 0 Å². The van der Waals surface area contributed by atoms with Crippen LogP contribution in [-0.2, 0) is 24.1 Å². The van der Waals surface area contributed by atoms with Crippen molar-refractivity contribution in [2.75, 3.05) is 26.4 Å². The summed E-state index contributed by atoms with van der Waals surface area (Å²) in [5, 5.41) is 31.3. The third-order valence-electron chi connectivity index (χ3n) is 1.37. The molecule has 0 aliphatic heterocycles. The fourth-order valence-corrected chi connectivity index (χ4v) is 0.294. The number of aliphatic carboxylic acids is 2. The number of hydrogen-bond donors (Lipinski definition) is 4. The lowest BCUT2D eigenvalue weighted by atomic mass is 10.4. The quantitative estimate of drug-likeness (QED) is 0.225. The van der Waals surface area contributed by atoms with Crippen molar-refractivity contribution in [1.29, 1.82) is 0 Å². The molecule has 4 N–H and O–H groups in total. The number of rotatable bonds is 8. The summed E-state index contributed by atoms with van der Waals surface area (Å²) in [6, 6.07) is 0. The maximum Gasteiger partial charge on any atom is 0.330 e. The molecule has 0 saturated heterocycles. The predicted molar refractivity (Wildman–Crippen MR) is 72.9 cm³/mol. The van der Waals surface area contributed by atoms with Crippen molar-refractivity contribution in [1.82, 2.24) is 0 Å². The van der Waals surface area contributed by atoms with E-state index in [-0.39, 0.29) is 24.4 Å². The van der Waals surface area contributed by atoms with E-state index in [2.05, 4.69) is 22.9 Å². The fourth-order valence-electron chi connectivity index (χ4n) is 0.294. The summed E-state index contributed by atoms with van der Waals surface area (Å²) in [5.74, 6) is -1.87. The van der Waals surface area contributed by atoms with Crippen LogP contribution in [0.1, 0.15) is 13.8 Å². The minimum absolute atomic E-state index is 0.130. The Morgan fingerprint density at radius 1 is 0.810 bits per heavy atom. The van der Waals surface area contributed by atoms with Gasteiger partial charge < -0.3 is 14.9 Å². The van der Waals surface area contributed by atoms with Gasteiger partial charge in [-0.3, -0.25) is 10.5 Å². The summed E-state index contributed by atoms with van der Waals surface area (Å²) < 4.78 is 4.74. The fraction of sp³-hybridized carbons (Fsp3) is 0.500. The molecule has 0 fully saturated rings. The van der Waals surface area contributed by atoms with Crippen LogP contribution in [0.5, 0.6) is 0 Å². The van der Waals surface area contributed by atoms with Crippen LogP contribution in [0, 0.1) is 0 Å². The molecular weight excluding hydrogens is 288 g/mol. The van der Waals surface area contributed by atoms with E-state index in [0.717, 1.165) is 0 Å². The predicted octanol–water partition coefficient (Wildman–Crippen LogP) is 1.28. The Labute approximate surface area is 122 Å². The molecule has 0 bridgehead atoms. The zero-order chi connectivity index (χ0) is 17.3. The van der Waals surface area contributed by atoms with Crippen molar-refractivity contribution in [3.8, 4) is 0 Å². The molecule has 0 aliphatic carbocycles. The smallest absolute Gasteiger partial charge is 0.330 e. The van der Waals surface area contributed by atoms with E-state index in [1.54, 1.807) is 0 Å². The Bertz CT molecular complexity index is 258. The van der Waals surface area contributed by atoms with Crippen molar-refractivity contribution in [2.45, 2.75) is 13.8 Å². The Morgan fingerprint density at radius 2 is 1.05 bits per heavy atom. The van der Waals surface area contributed by atoms with Crippen molar-refractivity contribution in [3.63, 3.8) is 0 Å². The first-order valence-corrected chi connectivity index (χ1v) is 5.58. The average Bonchev–Trinajstić information content (AvgIpc) is 2.40. The number of carboxylic acids is 2. The Hall–Kier alpha value is -1.78. The standard InChI is InChI=1S/C4H10O5.2C4H6O2/c5-8-3-1-7-2-4-9-6;2*1-3(2)4(5)6/h5-6H,1-4H2;2*1H2,2H3,(H,5,6). The Morgan fingerprint density at radius 3 is 1.19 bits per heavy atom. The van der Waals surface area contributed by atoms with E-state index in [1.165, 1.54) is 13.8 Å². The van der Waals surface area contributed by atoms with Crippen LogP contribution in [-0.4, -0.2) is 59.1 Å². The van der Waals surface area contributed by atoms with Crippen LogP contribution in [0.15, 0.2) is 24.3 Å². The lowest BCUT2D eigenvalue weighted by Crippen LogP contribution is -2.06. The second kappa shape index (κ2) is 18.2. The second-order valence-electron chi connectivity index (χ2n) is 3.45. The molecule has 0 spiro atoms. The summed E-state index contributed by atoms with van der Waals surface area (Å²) in [4.78, 5) is 26.6. The number of hydrogen-bond acceptors (Lipinski definition) is 7. The minimum atomic E-state index is -0.935. The maximum atomic E-state index is 9.60. The highest BCUT2D eigenvalue weighted by Crippen LogP contribution is 1.81. The summed E-state index contributed by atoms with van der Waals surface area (Å²) >= 11 is 0. The van der Waals surface area contributed by atoms with Gasteiger partial charge in [0, 0.05) is 11.1 Å². The molecule has 0 aliphatic rings. The SMILES string of the molecule is C=C(C)C(=O)O.C=C(C)C(=O)O.OOCCOCCOO. The highest BCUT2D eigenvalue weighted by molar-refractivity contribution is 5.85. The van der Waals surface area contributed by atoms with Gasteiger partial charge in [0.2, 0.25) is 0 Å². The highest BCUT2D eigenvalue weighted by atomic mass is 17.1. The molecule has 0 aromatic rings. The Kier molecular flexibility index (Phi) is 21.0. The zero-order valence-electron chi connectivity index (χ0n) is 12.1. The zero-order valence-corrected chi connectivity index (χ0v) is 12.1. The first kappa shape index (κ1) is 24.3. The lowest BCUT2D eigenvalue weighted by Gasteiger charge is -1.98. The van der Waals surface area contributed by atoms with Crippen LogP contribution in [0.2, 0.25) is 0 Å². The van der Waals surface area contributed by atoms with Gasteiger partial charge in [0.25, 0.3) is 0 Å². The molecule has 9 nitrogen and oxygen atoms in total. The first-order chi connectivity index (χ1) is 9.70. The number of carbonyl (C=O) groups is 2. The molecule has 9 heteroatoms. The van der Waals surface area contributed by atoms with E-state index >= 15 is 0 Å². The van der Waals surface area contributed by atoms with E-state index in [4.69, 9.17) is 25.5 Å². The summed E-state index contributed by atoms with van der Waals surface area (Å²) in [6.07, 6.45) is 0. The molecule has 124 valence electrons. The monoisotopic (exact) mass is 310 g/mol. The molecule has 0 aromatic heterocycles. The third-order valence-corrected chi connectivity index (χ3v) is 1.37. The van der Waals surface area contributed by atoms with Gasteiger partial charge >= 0.3 is 11.9 Å². The van der Waals surface area contributed by atoms with Gasteiger partial charge in [-0.15, -0.1) is 0 Å². The van der Waals surface area contributed by atoms with Crippen molar-refractivity contribution < 1.29 is 44.8 Å². The number of ether oxygens (including phenoxy) is 1. The largest absolute Gasteiger partial charge is 0.478 e. The van der Waals surface area contributed by atoms with Crippen molar-refractivity contribution in [2.24, 2.45) is 0 Å². The van der Waals surface area contributed by atoms with Gasteiger partial charge in [0.15, 0.2) is 0 Å². The molecular formula is C12H22O9. The van der Waals surface area contributed by atoms with Crippen molar-refractivity contribution >= 4 is 11.9 Å². The van der Waals surface area contributed by atoms with E-state index in [0.29, 0.717) is 13.2 Å². The molecule has 0 rings (SSSR count). The minimum Gasteiger partial charge on any atom is -0.478 e. The lowest BCUT2D eigenvalue weighted by molar-refractivity contribution is -0.260. The summed E-state index contributed by atoms with van der Waals surface area (Å²) in [5.41, 5.74) is 0.352. The molecule has 0 saturated carbocycles. The van der Waals surface area contributed by atoms with Gasteiger partial charge in [-0.25, -0.2) is 19.4 Å². The van der Waals surface area contributed by atoms with Gasteiger partial charge in [-0.1, -0.05) is 13.2 Å². The molecule has 21 heavy (non-hydrogen) atoms. The van der Waals surface area contributed by atoms with Gasteiger partial charge in [0.1, 0.15) is 13.2 Å². The average molecular weight is 310 g/mol. The molecule has 0 atom stereocenters. The molecule has 0 amide bonds. The van der Waals surface area contributed by atoms with Crippen LogP contribution < -0.4 is 0 Å². The third kappa shape index (κ3) is 32.1. The van der Waals surface area contributed by atoms with Gasteiger partial charge in [-0.05, 0) is 13.8 Å². The van der Waals surface area contributed by atoms with E-state index in [9.17, 15) is 9.59 Å². The Balaban J connectivity index is -0.000000240. The molecule has 0 radical (unpaired) electrons. The van der Waals surface area contributed by atoms with Gasteiger partial charge in [-0.2, -0.15) is 0 Å². The van der Waals surface area contributed by atoms with Crippen molar-refractivity contribution in [3.05, 3.63) is 24.3 Å². The maximum absolute atomic E-state index is 9.60. The molecule has 0 heterocycles. The van der Waals surface area contributed by atoms with Crippen LogP contribution in [0.4, 0.5) is 0 Å². The van der Waals surface area contributed by atoms with Gasteiger partial charge in [0.05, 0.1) is 13.2 Å². The first-order valence-electron chi connectivity index (χ1n) is 5.58.